The molecule has 14 heavy (non-hydrogen) atoms. The normalized spacial score (nSPS) is 12.3. The second-order valence-electron chi connectivity index (χ2n) is 2.97. The van der Waals surface area contributed by atoms with Crippen molar-refractivity contribution in [2.75, 3.05) is 14.2 Å². The summed E-state index contributed by atoms with van der Waals surface area (Å²) >= 11 is 0. The predicted octanol–water partition coefficient (Wildman–Crippen LogP) is 1.74. The summed E-state index contributed by atoms with van der Waals surface area (Å²) in [6, 6.07) is 5.37. The third-order valence-corrected chi connectivity index (χ3v) is 2.10. The zero-order valence-corrected chi connectivity index (χ0v) is 8.57. The molecule has 1 rings (SSSR count). The minimum absolute atomic E-state index is 0.130. The van der Waals surface area contributed by atoms with Crippen molar-refractivity contribution in [2.45, 2.75) is 13.0 Å². The summed E-state index contributed by atoms with van der Waals surface area (Å²) in [4.78, 5) is 0. The number of hydrogen-bond acceptors (Lipinski definition) is 4. The summed E-state index contributed by atoms with van der Waals surface area (Å²) in [6.07, 6.45) is 0. The van der Waals surface area contributed by atoms with Crippen LogP contribution in [0.5, 0.6) is 11.5 Å². The molecule has 0 bridgehead atoms. The van der Waals surface area contributed by atoms with Crippen molar-refractivity contribution in [3.8, 4) is 11.5 Å². The predicted molar refractivity (Wildman–Crippen MR) is 52.9 cm³/mol. The Morgan fingerprint density at radius 1 is 1.21 bits per heavy atom. The first-order chi connectivity index (χ1) is 6.72. The van der Waals surface area contributed by atoms with E-state index in [-0.39, 0.29) is 6.04 Å². The number of hydroxylamine groups is 1. The molecule has 1 unspecified atom stereocenters. The fourth-order valence-corrected chi connectivity index (χ4v) is 1.20. The lowest BCUT2D eigenvalue weighted by atomic mass is 10.1. The second kappa shape index (κ2) is 4.83. The van der Waals surface area contributed by atoms with Gasteiger partial charge >= 0.3 is 0 Å². The minimum Gasteiger partial charge on any atom is -0.493 e. The number of nitrogens with one attached hydrogen (secondary N) is 1. The van der Waals surface area contributed by atoms with Crippen molar-refractivity contribution in [2.24, 2.45) is 0 Å². The summed E-state index contributed by atoms with van der Waals surface area (Å²) < 4.78 is 10.2. The Balaban J connectivity index is 3.01. The molecule has 0 radical (unpaired) electrons. The summed E-state index contributed by atoms with van der Waals surface area (Å²) in [7, 11) is 3.17. The van der Waals surface area contributed by atoms with E-state index in [0.717, 1.165) is 5.56 Å². The van der Waals surface area contributed by atoms with Crippen LogP contribution in [0.3, 0.4) is 0 Å². The molecule has 0 aliphatic rings. The van der Waals surface area contributed by atoms with Crippen molar-refractivity contribution >= 4 is 0 Å². The molecule has 2 N–H and O–H groups in total. The number of benzene rings is 1. The van der Waals surface area contributed by atoms with Crippen LogP contribution in [-0.4, -0.2) is 19.4 Å². The second-order valence-corrected chi connectivity index (χ2v) is 2.97. The smallest absolute Gasteiger partial charge is 0.161 e. The SMILES string of the molecule is COc1ccc(C(C)NO)cc1OC. The van der Waals surface area contributed by atoms with Crippen LogP contribution in [0.15, 0.2) is 18.2 Å². The van der Waals surface area contributed by atoms with Crippen LogP contribution in [0.4, 0.5) is 0 Å². The van der Waals surface area contributed by atoms with Gasteiger partial charge in [0.15, 0.2) is 11.5 Å². The third kappa shape index (κ3) is 2.16. The van der Waals surface area contributed by atoms with Crippen molar-refractivity contribution in [1.29, 1.82) is 0 Å². The Kier molecular flexibility index (Phi) is 3.73. The summed E-state index contributed by atoms with van der Waals surface area (Å²) in [5, 5.41) is 8.76. The number of hydrogen-bond donors (Lipinski definition) is 2. The van der Waals surface area contributed by atoms with Gasteiger partial charge in [-0.15, -0.1) is 0 Å². The fourth-order valence-electron chi connectivity index (χ4n) is 1.20. The van der Waals surface area contributed by atoms with Gasteiger partial charge in [0.2, 0.25) is 0 Å². The lowest BCUT2D eigenvalue weighted by Crippen LogP contribution is -2.13. The molecule has 1 aromatic carbocycles. The van der Waals surface area contributed by atoms with Gasteiger partial charge in [-0.25, -0.2) is 0 Å². The number of rotatable bonds is 4. The first-order valence-electron chi connectivity index (χ1n) is 4.34. The monoisotopic (exact) mass is 197 g/mol. The maximum absolute atomic E-state index is 8.76. The molecule has 1 atom stereocenters. The van der Waals surface area contributed by atoms with E-state index in [0.29, 0.717) is 11.5 Å². The van der Waals surface area contributed by atoms with Gasteiger partial charge in [-0.1, -0.05) is 6.07 Å². The Hall–Kier alpha value is -1.26. The van der Waals surface area contributed by atoms with Gasteiger partial charge in [-0.2, -0.15) is 5.48 Å². The lowest BCUT2D eigenvalue weighted by Gasteiger charge is -2.13. The van der Waals surface area contributed by atoms with Crippen molar-refractivity contribution in [3.63, 3.8) is 0 Å². The highest BCUT2D eigenvalue weighted by atomic mass is 16.5. The lowest BCUT2D eigenvalue weighted by molar-refractivity contribution is 0.133. The van der Waals surface area contributed by atoms with Crippen LogP contribution < -0.4 is 15.0 Å². The van der Waals surface area contributed by atoms with Gasteiger partial charge in [-0.3, -0.25) is 0 Å². The molecule has 0 heterocycles. The van der Waals surface area contributed by atoms with Crippen molar-refractivity contribution < 1.29 is 14.7 Å². The maximum Gasteiger partial charge on any atom is 0.161 e. The zero-order valence-electron chi connectivity index (χ0n) is 8.57. The Labute approximate surface area is 83.4 Å². The Bertz CT molecular complexity index is 301. The average Bonchev–Trinajstić information content (AvgIpc) is 2.26. The van der Waals surface area contributed by atoms with Gasteiger partial charge in [-0.05, 0) is 24.6 Å². The van der Waals surface area contributed by atoms with Gasteiger partial charge in [0.05, 0.1) is 20.3 Å². The molecule has 4 nitrogen and oxygen atoms in total. The molecule has 1 aromatic rings. The molecule has 0 spiro atoms. The summed E-state index contributed by atoms with van der Waals surface area (Å²) in [5.74, 6) is 1.34. The number of ether oxygens (including phenoxy) is 2. The molecule has 0 saturated carbocycles. The zero-order chi connectivity index (χ0) is 10.6. The van der Waals surface area contributed by atoms with Crippen LogP contribution in [0.1, 0.15) is 18.5 Å². The molecule has 0 fully saturated rings. The number of methoxy groups -OCH3 is 2. The highest BCUT2D eigenvalue weighted by Crippen LogP contribution is 2.29. The quantitative estimate of drug-likeness (QED) is 0.722. The third-order valence-electron chi connectivity index (χ3n) is 2.10. The molecule has 78 valence electrons. The van der Waals surface area contributed by atoms with E-state index in [1.54, 1.807) is 14.2 Å². The molecular formula is C10H15NO3. The largest absolute Gasteiger partial charge is 0.493 e. The summed E-state index contributed by atoms with van der Waals surface area (Å²) in [5.41, 5.74) is 3.11. The standard InChI is InChI=1S/C10H15NO3/c1-7(11-12)8-4-5-9(13-2)10(6-8)14-3/h4-7,11-12H,1-3H3. The molecule has 0 amide bonds. The van der Waals surface area contributed by atoms with E-state index in [9.17, 15) is 0 Å². The average molecular weight is 197 g/mol. The first-order valence-corrected chi connectivity index (χ1v) is 4.34. The molecule has 0 aromatic heterocycles. The first kappa shape index (κ1) is 10.8. The van der Waals surface area contributed by atoms with Gasteiger partial charge in [0.1, 0.15) is 0 Å². The van der Waals surface area contributed by atoms with Crippen molar-refractivity contribution in [3.05, 3.63) is 23.8 Å². The maximum atomic E-state index is 8.76. The van der Waals surface area contributed by atoms with Crippen molar-refractivity contribution in [1.82, 2.24) is 5.48 Å². The van der Waals surface area contributed by atoms with E-state index in [1.807, 2.05) is 25.1 Å². The van der Waals surface area contributed by atoms with Crippen LogP contribution in [-0.2, 0) is 0 Å². The van der Waals surface area contributed by atoms with Gasteiger partial charge in [0, 0.05) is 0 Å². The molecule has 0 aliphatic carbocycles. The topological polar surface area (TPSA) is 50.7 Å². The van der Waals surface area contributed by atoms with Gasteiger partial charge in [0.25, 0.3) is 0 Å². The minimum atomic E-state index is -0.130. The molecule has 4 heteroatoms. The van der Waals surface area contributed by atoms with E-state index in [4.69, 9.17) is 14.7 Å². The van der Waals surface area contributed by atoms with E-state index in [2.05, 4.69) is 5.48 Å². The van der Waals surface area contributed by atoms with E-state index < -0.39 is 0 Å². The van der Waals surface area contributed by atoms with E-state index >= 15 is 0 Å². The highest BCUT2D eigenvalue weighted by Gasteiger charge is 2.08. The van der Waals surface area contributed by atoms with Crippen LogP contribution in [0.25, 0.3) is 0 Å². The Morgan fingerprint density at radius 2 is 1.86 bits per heavy atom. The summed E-state index contributed by atoms with van der Waals surface area (Å²) in [6.45, 7) is 1.85. The van der Waals surface area contributed by atoms with Crippen LogP contribution in [0.2, 0.25) is 0 Å². The Morgan fingerprint density at radius 3 is 2.36 bits per heavy atom. The van der Waals surface area contributed by atoms with Crippen LogP contribution >= 0.6 is 0 Å². The highest BCUT2D eigenvalue weighted by molar-refractivity contribution is 5.43. The molecular weight excluding hydrogens is 182 g/mol. The van der Waals surface area contributed by atoms with Gasteiger partial charge < -0.3 is 14.7 Å². The molecule has 0 aliphatic heterocycles. The fraction of sp³-hybridized carbons (Fsp3) is 0.400. The molecule has 0 saturated heterocycles. The van der Waals surface area contributed by atoms with E-state index in [1.165, 1.54) is 0 Å². The van der Waals surface area contributed by atoms with Crippen LogP contribution in [0, 0.1) is 0 Å².